The van der Waals surface area contributed by atoms with E-state index in [4.69, 9.17) is 4.74 Å². The van der Waals surface area contributed by atoms with Gasteiger partial charge in [-0.1, -0.05) is 39.5 Å². The van der Waals surface area contributed by atoms with Crippen LogP contribution < -0.4 is 10.1 Å². The van der Waals surface area contributed by atoms with E-state index in [-0.39, 0.29) is 30.2 Å². The number of likely N-dealkylation sites (tertiary alicyclic amines) is 1. The number of nitrogens with one attached hydrogen (secondary N) is 1. The van der Waals surface area contributed by atoms with E-state index >= 15 is 0 Å². The average molecular weight is 614 g/mol. The Kier molecular flexibility index (Phi) is 12.0. The second-order valence-electron chi connectivity index (χ2n) is 13.7. The molecule has 1 aromatic rings. The molecule has 11 heteroatoms. The fraction of sp³-hybridized carbons (Fsp3) is 0.697. The van der Waals surface area contributed by atoms with Crippen LogP contribution in [0.3, 0.4) is 0 Å². The van der Waals surface area contributed by atoms with Gasteiger partial charge in [0, 0.05) is 77.1 Å². The second-order valence-corrected chi connectivity index (χ2v) is 13.7. The Labute approximate surface area is 261 Å². The van der Waals surface area contributed by atoms with Crippen LogP contribution in [0.4, 0.5) is 0 Å². The first-order valence-electron chi connectivity index (χ1n) is 16.2. The average Bonchev–Trinajstić information content (AvgIpc) is 3.53. The van der Waals surface area contributed by atoms with Crippen molar-refractivity contribution in [2.75, 3.05) is 52.9 Å². The molecule has 4 rings (SSSR count). The van der Waals surface area contributed by atoms with Crippen molar-refractivity contribution in [3.8, 4) is 5.75 Å². The van der Waals surface area contributed by atoms with Crippen LogP contribution in [0, 0.1) is 11.3 Å². The molecule has 2 saturated heterocycles. The van der Waals surface area contributed by atoms with Crippen LogP contribution in [0.5, 0.6) is 5.75 Å². The van der Waals surface area contributed by atoms with Gasteiger partial charge in [-0.3, -0.25) is 24.4 Å². The van der Waals surface area contributed by atoms with Gasteiger partial charge < -0.3 is 24.8 Å². The summed E-state index contributed by atoms with van der Waals surface area (Å²) in [4.78, 5) is 55.8. The molecule has 4 amide bonds. The van der Waals surface area contributed by atoms with E-state index in [1.165, 1.54) is 0 Å². The van der Waals surface area contributed by atoms with Gasteiger partial charge >= 0.3 is 0 Å². The van der Waals surface area contributed by atoms with E-state index in [1.54, 1.807) is 0 Å². The van der Waals surface area contributed by atoms with Crippen molar-refractivity contribution in [2.24, 2.45) is 11.3 Å². The van der Waals surface area contributed by atoms with Crippen LogP contribution in [-0.4, -0.2) is 114 Å². The molecule has 1 aliphatic carbocycles. The molecule has 44 heavy (non-hydrogen) atoms. The molecule has 2 N–H and O–H groups in total. The summed E-state index contributed by atoms with van der Waals surface area (Å²) in [5.74, 6) is 1.02. The van der Waals surface area contributed by atoms with Gasteiger partial charge in [0.25, 0.3) is 5.91 Å². The maximum Gasteiger partial charge on any atom is 0.253 e. The summed E-state index contributed by atoms with van der Waals surface area (Å²) in [5, 5.41) is 13.6. The summed E-state index contributed by atoms with van der Waals surface area (Å²) in [7, 11) is 2.07. The third-order valence-electron chi connectivity index (χ3n) is 9.37. The maximum atomic E-state index is 13.1. The van der Waals surface area contributed by atoms with Gasteiger partial charge in [-0.05, 0) is 49.1 Å². The van der Waals surface area contributed by atoms with Crippen LogP contribution in [0.25, 0.3) is 0 Å². The molecular formula is C33H51N5O6. The van der Waals surface area contributed by atoms with E-state index in [0.29, 0.717) is 55.4 Å². The highest BCUT2D eigenvalue weighted by molar-refractivity contribution is 5.94. The lowest BCUT2D eigenvalue weighted by atomic mass is 9.88. The highest BCUT2D eigenvalue weighted by Gasteiger charge is 2.31. The number of carbonyl (C=O) groups is 4. The molecule has 11 nitrogen and oxygen atoms in total. The highest BCUT2D eigenvalue weighted by atomic mass is 16.5. The van der Waals surface area contributed by atoms with Crippen molar-refractivity contribution in [1.29, 1.82) is 0 Å². The largest absolute Gasteiger partial charge is 0.490 e. The molecule has 0 radical (unpaired) electrons. The monoisotopic (exact) mass is 613 g/mol. The van der Waals surface area contributed by atoms with Crippen LogP contribution in [0.15, 0.2) is 24.3 Å². The Hall–Kier alpha value is -3.18. The second kappa shape index (κ2) is 15.7. The molecule has 2 aliphatic heterocycles. The molecular weight excluding hydrogens is 562 g/mol. The number of piperidine rings is 1. The normalized spacial score (nSPS) is 19.5. The lowest BCUT2D eigenvalue weighted by molar-refractivity contribution is -0.163. The quantitative estimate of drug-likeness (QED) is 0.199. The van der Waals surface area contributed by atoms with E-state index in [2.05, 4.69) is 17.3 Å². The Morgan fingerprint density at radius 3 is 2.25 bits per heavy atom. The summed E-state index contributed by atoms with van der Waals surface area (Å²) in [5.41, 5.74) is 0.217. The summed E-state index contributed by atoms with van der Waals surface area (Å²) >= 11 is 0. The van der Waals surface area contributed by atoms with Crippen molar-refractivity contribution < 1.29 is 29.1 Å². The zero-order chi connectivity index (χ0) is 31.7. The zero-order valence-corrected chi connectivity index (χ0v) is 26.7. The number of carbonyl (C=O) groups excluding carboxylic acids is 4. The van der Waals surface area contributed by atoms with Crippen LogP contribution in [0.1, 0.15) is 82.0 Å². The van der Waals surface area contributed by atoms with Gasteiger partial charge in [-0.2, -0.15) is 0 Å². The number of hydrogen-bond acceptors (Lipinski definition) is 7. The number of piperazine rings is 1. The van der Waals surface area contributed by atoms with E-state index in [0.717, 1.165) is 70.5 Å². The van der Waals surface area contributed by atoms with Crippen molar-refractivity contribution in [2.45, 2.75) is 83.8 Å². The number of ether oxygens (including phenoxy) is 1. The molecule has 1 aromatic carbocycles. The number of nitrogens with zero attached hydrogens (tertiary/aromatic N) is 4. The van der Waals surface area contributed by atoms with Gasteiger partial charge in [0.1, 0.15) is 11.9 Å². The fourth-order valence-corrected chi connectivity index (χ4v) is 6.49. The van der Waals surface area contributed by atoms with Gasteiger partial charge in [-0.15, -0.1) is 0 Å². The summed E-state index contributed by atoms with van der Waals surface area (Å²) in [6, 6.07) is 6.82. The first-order chi connectivity index (χ1) is 21.0. The summed E-state index contributed by atoms with van der Waals surface area (Å²) in [6.45, 7) is 8.70. The third kappa shape index (κ3) is 9.92. The molecule has 244 valence electrons. The van der Waals surface area contributed by atoms with Gasteiger partial charge in [-0.25, -0.2) is 5.06 Å². The van der Waals surface area contributed by atoms with Crippen molar-refractivity contribution >= 4 is 24.1 Å². The molecule has 3 aliphatic rings. The summed E-state index contributed by atoms with van der Waals surface area (Å²) in [6.07, 6.45) is 7.21. The molecule has 1 atom stereocenters. The number of rotatable bonds is 13. The molecule has 2 heterocycles. The molecule has 0 bridgehead atoms. The van der Waals surface area contributed by atoms with Crippen molar-refractivity contribution in [1.82, 2.24) is 25.1 Å². The smallest absolute Gasteiger partial charge is 0.253 e. The van der Waals surface area contributed by atoms with Crippen molar-refractivity contribution in [3.63, 3.8) is 0 Å². The molecule has 0 aromatic heterocycles. The van der Waals surface area contributed by atoms with Crippen LogP contribution in [0.2, 0.25) is 0 Å². The predicted octanol–water partition coefficient (Wildman–Crippen LogP) is 3.16. The lowest BCUT2D eigenvalue weighted by Crippen LogP contribution is -2.47. The minimum Gasteiger partial charge on any atom is -0.490 e. The Balaban J connectivity index is 1.16. The molecule has 1 saturated carbocycles. The number of hydrogen-bond donors (Lipinski definition) is 2. The molecule has 0 spiro atoms. The minimum atomic E-state index is -0.536. The van der Waals surface area contributed by atoms with Gasteiger partial charge in [0.15, 0.2) is 0 Å². The standard InChI is InChI=1S/C33H51N5O6/c1-33(2,23-34-30(40)21-27(38(43)24-39)20-25-6-4-5-7-25)22-31(41)36-14-12-29(13-15-36)44-28-10-8-26(9-11-28)32(42)37-18-16-35(3)17-19-37/h8-11,24-25,27,29,43H,4-7,12-23H2,1-3H3,(H,34,40). The number of benzene rings is 1. The molecule has 1 unspecified atom stereocenters. The van der Waals surface area contributed by atoms with Gasteiger partial charge in [0.05, 0.1) is 6.04 Å². The predicted molar refractivity (Wildman–Crippen MR) is 166 cm³/mol. The third-order valence-corrected chi connectivity index (χ3v) is 9.37. The maximum absolute atomic E-state index is 13.1. The van der Waals surface area contributed by atoms with E-state index < -0.39 is 11.5 Å². The van der Waals surface area contributed by atoms with Crippen LogP contribution in [-0.2, 0) is 14.4 Å². The topological polar surface area (TPSA) is 123 Å². The van der Waals surface area contributed by atoms with E-state index in [9.17, 15) is 24.4 Å². The lowest BCUT2D eigenvalue weighted by Gasteiger charge is -2.34. The van der Waals surface area contributed by atoms with Gasteiger partial charge in [0.2, 0.25) is 18.2 Å². The van der Waals surface area contributed by atoms with Crippen LogP contribution >= 0.6 is 0 Å². The first-order valence-corrected chi connectivity index (χ1v) is 16.2. The fourth-order valence-electron chi connectivity index (χ4n) is 6.49. The number of likely N-dealkylation sites (N-methyl/N-ethyl adjacent to an activating group) is 1. The molecule has 3 fully saturated rings. The summed E-state index contributed by atoms with van der Waals surface area (Å²) < 4.78 is 6.18. The number of amides is 4. The Morgan fingerprint density at radius 2 is 1.64 bits per heavy atom. The Morgan fingerprint density at radius 1 is 1.00 bits per heavy atom. The van der Waals surface area contributed by atoms with Crippen molar-refractivity contribution in [3.05, 3.63) is 29.8 Å². The first kappa shape index (κ1) is 33.7. The highest BCUT2D eigenvalue weighted by Crippen LogP contribution is 2.30. The zero-order valence-electron chi connectivity index (χ0n) is 26.7. The van der Waals surface area contributed by atoms with E-state index in [1.807, 2.05) is 47.9 Å². The SMILES string of the molecule is CN1CCN(C(=O)c2ccc(OC3CCN(C(=O)CC(C)(C)CNC(=O)CC(CC4CCCC4)N(O)C=O)CC3)cc2)CC1. The Bertz CT molecular complexity index is 1110. The minimum absolute atomic E-state index is 0.000154. The number of hydroxylamine groups is 2.